The Balaban J connectivity index is 2.01. The van der Waals surface area contributed by atoms with E-state index < -0.39 is 0 Å². The van der Waals surface area contributed by atoms with Gasteiger partial charge in [0.15, 0.2) is 0 Å². The summed E-state index contributed by atoms with van der Waals surface area (Å²) in [5.41, 5.74) is 0. The number of carbonyl (C=O) groups excluding carboxylic acids is 1. The number of thiophene rings is 1. The highest BCUT2D eigenvalue weighted by Gasteiger charge is 2.26. The van der Waals surface area contributed by atoms with Crippen LogP contribution >= 0.6 is 39.0 Å². The van der Waals surface area contributed by atoms with E-state index in [1.54, 1.807) is 0 Å². The van der Waals surface area contributed by atoms with E-state index in [1.165, 1.54) is 11.3 Å². The van der Waals surface area contributed by atoms with E-state index in [2.05, 4.69) is 28.2 Å². The van der Waals surface area contributed by atoms with Crippen LogP contribution in [-0.2, 0) is 0 Å². The molecule has 2 nitrogen and oxygen atoms in total. The van der Waals surface area contributed by atoms with Gasteiger partial charge in [0, 0.05) is 15.8 Å². The molecule has 1 aromatic rings. The Kier molecular flexibility index (Phi) is 3.74. The van der Waals surface area contributed by atoms with Crippen LogP contribution in [0, 0.1) is 0 Å². The molecule has 0 aromatic carbocycles. The minimum absolute atomic E-state index is 0.0521. The summed E-state index contributed by atoms with van der Waals surface area (Å²) in [4.78, 5) is 12.7. The molecule has 5 heteroatoms. The summed E-state index contributed by atoms with van der Waals surface area (Å²) in [6.45, 7) is 2.17. The molecule has 0 bridgehead atoms. The van der Waals surface area contributed by atoms with Gasteiger partial charge in [0.25, 0.3) is 5.91 Å². The van der Waals surface area contributed by atoms with E-state index in [4.69, 9.17) is 0 Å². The summed E-state index contributed by atoms with van der Waals surface area (Å²) in [5, 5.41) is 5.55. The molecule has 1 saturated heterocycles. The average Bonchev–Trinajstić information content (AvgIpc) is 2.76. The third kappa shape index (κ3) is 2.57. The molecule has 1 aliphatic heterocycles. The lowest BCUT2D eigenvalue weighted by Crippen LogP contribution is -2.37. The van der Waals surface area contributed by atoms with Crippen LogP contribution in [-0.4, -0.2) is 23.0 Å². The standard InChI is InChI=1S/C10H12BrNOS2/c1-6-8(3-5-14-6)12-10(13)9-7(11)2-4-15-9/h2,4,6,8H,3,5H2,1H3,(H,12,13). The topological polar surface area (TPSA) is 29.1 Å². The molecule has 2 atom stereocenters. The Morgan fingerprint density at radius 3 is 3.00 bits per heavy atom. The fourth-order valence-electron chi connectivity index (χ4n) is 1.61. The van der Waals surface area contributed by atoms with Gasteiger partial charge < -0.3 is 5.32 Å². The van der Waals surface area contributed by atoms with Crippen molar-refractivity contribution >= 4 is 44.9 Å². The van der Waals surface area contributed by atoms with Gasteiger partial charge in [0.1, 0.15) is 4.88 Å². The first-order valence-electron chi connectivity index (χ1n) is 4.84. The van der Waals surface area contributed by atoms with E-state index >= 15 is 0 Å². The number of hydrogen-bond donors (Lipinski definition) is 1. The Labute approximate surface area is 106 Å². The summed E-state index contributed by atoms with van der Waals surface area (Å²) in [7, 11) is 0. The van der Waals surface area contributed by atoms with Crippen molar-refractivity contribution in [3.05, 3.63) is 20.8 Å². The van der Waals surface area contributed by atoms with Gasteiger partial charge in [0.05, 0.1) is 0 Å². The third-order valence-corrected chi connectivity index (χ3v) is 5.68. The second-order valence-corrected chi connectivity index (χ2v) is 6.80. The van der Waals surface area contributed by atoms with Crippen LogP contribution in [0.15, 0.2) is 15.9 Å². The fourth-order valence-corrected chi connectivity index (χ4v) is 4.26. The molecule has 2 heterocycles. The molecule has 2 rings (SSSR count). The molecule has 1 aliphatic rings. The van der Waals surface area contributed by atoms with E-state index in [9.17, 15) is 4.79 Å². The molecular weight excluding hydrogens is 294 g/mol. The Hall–Kier alpha value is -0.000000000000000111. The minimum Gasteiger partial charge on any atom is -0.347 e. The molecule has 1 fully saturated rings. The number of carbonyl (C=O) groups is 1. The maximum Gasteiger partial charge on any atom is 0.262 e. The Morgan fingerprint density at radius 1 is 1.67 bits per heavy atom. The van der Waals surface area contributed by atoms with Crippen molar-refractivity contribution in [3.8, 4) is 0 Å². The number of rotatable bonds is 2. The monoisotopic (exact) mass is 305 g/mol. The smallest absolute Gasteiger partial charge is 0.262 e. The summed E-state index contributed by atoms with van der Waals surface area (Å²) in [6, 6.07) is 2.24. The fraction of sp³-hybridized carbons (Fsp3) is 0.500. The highest BCUT2D eigenvalue weighted by atomic mass is 79.9. The summed E-state index contributed by atoms with van der Waals surface area (Å²) >= 11 is 6.78. The van der Waals surface area contributed by atoms with Crippen molar-refractivity contribution in [2.45, 2.75) is 24.6 Å². The van der Waals surface area contributed by atoms with E-state index in [0.29, 0.717) is 11.3 Å². The first kappa shape index (κ1) is 11.5. The maximum atomic E-state index is 11.9. The van der Waals surface area contributed by atoms with Crippen molar-refractivity contribution in [1.82, 2.24) is 5.32 Å². The molecule has 82 valence electrons. The zero-order valence-corrected chi connectivity index (χ0v) is 11.5. The highest BCUT2D eigenvalue weighted by molar-refractivity contribution is 9.10. The zero-order valence-electron chi connectivity index (χ0n) is 8.33. The maximum absolute atomic E-state index is 11.9. The van der Waals surface area contributed by atoms with Crippen LogP contribution in [0.3, 0.4) is 0 Å². The van der Waals surface area contributed by atoms with E-state index in [1.807, 2.05) is 23.2 Å². The first-order valence-corrected chi connectivity index (χ1v) is 7.56. The normalized spacial score (nSPS) is 25.5. The van der Waals surface area contributed by atoms with Crippen molar-refractivity contribution in [3.63, 3.8) is 0 Å². The van der Waals surface area contributed by atoms with Crippen molar-refractivity contribution in [2.75, 3.05) is 5.75 Å². The number of hydrogen-bond acceptors (Lipinski definition) is 3. The molecule has 0 saturated carbocycles. The van der Waals surface area contributed by atoms with Gasteiger partial charge in [-0.05, 0) is 39.6 Å². The molecule has 0 spiro atoms. The van der Waals surface area contributed by atoms with E-state index in [-0.39, 0.29) is 5.91 Å². The second kappa shape index (κ2) is 4.89. The predicted octanol–water partition coefficient (Wildman–Crippen LogP) is 3.13. The lowest BCUT2D eigenvalue weighted by molar-refractivity contribution is 0.0941. The van der Waals surface area contributed by atoms with Crippen molar-refractivity contribution in [2.24, 2.45) is 0 Å². The molecule has 0 radical (unpaired) electrons. The highest BCUT2D eigenvalue weighted by Crippen LogP contribution is 2.28. The predicted molar refractivity (Wildman–Crippen MR) is 69.8 cm³/mol. The lowest BCUT2D eigenvalue weighted by Gasteiger charge is -2.15. The second-order valence-electron chi connectivity index (χ2n) is 3.54. The number of nitrogens with one attached hydrogen (secondary N) is 1. The quantitative estimate of drug-likeness (QED) is 0.909. The lowest BCUT2D eigenvalue weighted by atomic mass is 10.2. The molecule has 1 aromatic heterocycles. The summed E-state index contributed by atoms with van der Waals surface area (Å²) < 4.78 is 0.892. The number of thioether (sulfide) groups is 1. The van der Waals surface area contributed by atoms with Crippen molar-refractivity contribution in [1.29, 1.82) is 0 Å². The van der Waals surface area contributed by atoms with Gasteiger partial charge in [-0.3, -0.25) is 4.79 Å². The van der Waals surface area contributed by atoms with Crippen LogP contribution in [0.25, 0.3) is 0 Å². The van der Waals surface area contributed by atoms with Gasteiger partial charge in [-0.25, -0.2) is 0 Å². The van der Waals surface area contributed by atoms with E-state index in [0.717, 1.165) is 21.5 Å². The third-order valence-electron chi connectivity index (χ3n) is 2.52. The van der Waals surface area contributed by atoms with Gasteiger partial charge in [-0.1, -0.05) is 6.92 Å². The van der Waals surface area contributed by atoms with Gasteiger partial charge in [-0.15, -0.1) is 11.3 Å². The SMILES string of the molecule is CC1SCCC1NC(=O)c1sccc1Br. The first-order chi connectivity index (χ1) is 7.18. The minimum atomic E-state index is 0.0521. The number of halogens is 1. The largest absolute Gasteiger partial charge is 0.347 e. The van der Waals surface area contributed by atoms with Crippen LogP contribution in [0.5, 0.6) is 0 Å². The zero-order chi connectivity index (χ0) is 10.8. The van der Waals surface area contributed by atoms with Crippen molar-refractivity contribution < 1.29 is 4.79 Å². The van der Waals surface area contributed by atoms with Crippen LogP contribution in [0.2, 0.25) is 0 Å². The van der Waals surface area contributed by atoms with Crippen LogP contribution < -0.4 is 5.32 Å². The molecule has 15 heavy (non-hydrogen) atoms. The molecular formula is C10H12BrNOS2. The van der Waals surface area contributed by atoms with Gasteiger partial charge in [0.2, 0.25) is 0 Å². The molecule has 2 unspecified atom stereocenters. The molecule has 0 aliphatic carbocycles. The Bertz CT molecular complexity index is 366. The average molecular weight is 306 g/mol. The molecule has 1 amide bonds. The van der Waals surface area contributed by atoms with Crippen LogP contribution in [0.4, 0.5) is 0 Å². The number of amides is 1. The molecule has 1 N–H and O–H groups in total. The summed E-state index contributed by atoms with van der Waals surface area (Å²) in [6.07, 6.45) is 1.08. The van der Waals surface area contributed by atoms with Gasteiger partial charge >= 0.3 is 0 Å². The van der Waals surface area contributed by atoms with Gasteiger partial charge in [-0.2, -0.15) is 11.8 Å². The van der Waals surface area contributed by atoms with Crippen LogP contribution in [0.1, 0.15) is 23.0 Å². The Morgan fingerprint density at radius 2 is 2.47 bits per heavy atom. The summed E-state index contributed by atoms with van der Waals surface area (Å²) in [5.74, 6) is 1.20.